The number of aryl methyl sites for hydroxylation is 1. The molecule has 2 rings (SSSR count). The lowest BCUT2D eigenvalue weighted by molar-refractivity contribution is 0.101. The fourth-order valence-electron chi connectivity index (χ4n) is 2.33. The van der Waals surface area contributed by atoms with Gasteiger partial charge in [0.15, 0.2) is 5.82 Å². The van der Waals surface area contributed by atoms with Gasteiger partial charge in [-0.3, -0.25) is 5.43 Å². The van der Waals surface area contributed by atoms with Crippen LogP contribution in [-0.2, 0) is 6.42 Å². The molecule has 0 aliphatic carbocycles. The van der Waals surface area contributed by atoms with Crippen LogP contribution in [0.5, 0.6) is 5.88 Å². The van der Waals surface area contributed by atoms with Crippen LogP contribution in [0.1, 0.15) is 32.8 Å². The normalized spacial score (nSPS) is 12.0. The number of nitrogens with zero attached hydrogens (tertiary/aromatic N) is 3. The third kappa shape index (κ3) is 11.6. The predicted octanol–water partition coefficient (Wildman–Crippen LogP) is 3.48. The highest BCUT2D eigenvalue weighted by Crippen LogP contribution is 2.09. The monoisotopic (exact) mass is 443 g/mol. The third-order valence-electron chi connectivity index (χ3n) is 3.87. The van der Waals surface area contributed by atoms with Crippen molar-refractivity contribution < 1.29 is 9.84 Å². The van der Waals surface area contributed by atoms with Crippen molar-refractivity contribution in [2.45, 2.75) is 45.8 Å². The summed E-state index contributed by atoms with van der Waals surface area (Å²) in [6, 6.07) is 14.1. The van der Waals surface area contributed by atoms with Crippen LogP contribution in [0.2, 0.25) is 0 Å². The molecule has 2 atom stereocenters. The van der Waals surface area contributed by atoms with Crippen molar-refractivity contribution in [2.24, 2.45) is 5.10 Å². The lowest BCUT2D eigenvalue weighted by Crippen LogP contribution is -2.36. The van der Waals surface area contributed by atoms with Gasteiger partial charge in [-0.2, -0.15) is 5.10 Å². The minimum absolute atomic E-state index is 0. The summed E-state index contributed by atoms with van der Waals surface area (Å²) in [4.78, 5) is 0. The molecule has 7 nitrogen and oxygen atoms in total. The molecule has 162 valence electrons. The van der Waals surface area contributed by atoms with Crippen LogP contribution in [0, 0.1) is 0 Å². The molecule has 1 aromatic carbocycles. The summed E-state index contributed by atoms with van der Waals surface area (Å²) in [6.45, 7) is 6.51. The number of benzene rings is 1. The first kappa shape index (κ1) is 27.1. The average molecular weight is 444 g/mol. The second-order valence-corrected chi connectivity index (χ2v) is 6.73. The second kappa shape index (κ2) is 15.0. The molecule has 0 amide bonds. The first-order valence-electron chi connectivity index (χ1n) is 9.21. The van der Waals surface area contributed by atoms with Gasteiger partial charge in [0, 0.05) is 24.4 Å². The summed E-state index contributed by atoms with van der Waals surface area (Å²) in [5, 5.41) is 25.4. The summed E-state index contributed by atoms with van der Waals surface area (Å²) in [7, 11) is 0. The standard InChI is InChI=1S/C20H29N5O2.2ClH/c1-15(2)22-23-19-11-12-20(25-24-19)27-14-18(26)13-21-16(3)9-10-17-7-5-4-6-8-17;;/h4-8,11-12,16,18,21,26H,9-10,13-14H2,1-3H3,(H,23,24);2*1H. The smallest absolute Gasteiger partial charge is 0.233 e. The van der Waals surface area contributed by atoms with E-state index in [0.717, 1.165) is 18.6 Å². The maximum absolute atomic E-state index is 10.1. The molecular formula is C20H31Cl2N5O2. The summed E-state index contributed by atoms with van der Waals surface area (Å²) in [6.07, 6.45) is 1.41. The number of aliphatic hydroxyl groups excluding tert-OH is 1. The first-order valence-corrected chi connectivity index (χ1v) is 9.21. The largest absolute Gasteiger partial charge is 0.474 e. The van der Waals surface area contributed by atoms with Gasteiger partial charge in [0.1, 0.15) is 12.7 Å². The van der Waals surface area contributed by atoms with Gasteiger partial charge in [0.05, 0.1) is 0 Å². The van der Waals surface area contributed by atoms with E-state index < -0.39 is 6.10 Å². The van der Waals surface area contributed by atoms with Gasteiger partial charge in [-0.1, -0.05) is 30.3 Å². The molecule has 0 bridgehead atoms. The fraction of sp³-hybridized carbons (Fsp3) is 0.450. The lowest BCUT2D eigenvalue weighted by atomic mass is 10.1. The quantitative estimate of drug-likeness (QED) is 0.363. The molecule has 0 spiro atoms. The highest BCUT2D eigenvalue weighted by molar-refractivity contribution is 5.85. The van der Waals surface area contributed by atoms with Gasteiger partial charge in [0.25, 0.3) is 0 Å². The van der Waals surface area contributed by atoms with Crippen LogP contribution in [0.15, 0.2) is 47.6 Å². The number of hydrogen-bond donors (Lipinski definition) is 3. The second-order valence-electron chi connectivity index (χ2n) is 6.73. The van der Waals surface area contributed by atoms with E-state index in [9.17, 15) is 5.11 Å². The molecule has 0 aliphatic rings. The molecule has 1 heterocycles. The zero-order valence-corrected chi connectivity index (χ0v) is 18.7. The highest BCUT2D eigenvalue weighted by Gasteiger charge is 2.09. The summed E-state index contributed by atoms with van der Waals surface area (Å²) in [5.74, 6) is 0.909. The van der Waals surface area contributed by atoms with Crippen molar-refractivity contribution in [1.82, 2.24) is 15.5 Å². The van der Waals surface area contributed by atoms with Crippen LogP contribution in [-0.4, -0.2) is 46.3 Å². The fourth-order valence-corrected chi connectivity index (χ4v) is 2.33. The number of aromatic nitrogens is 2. The molecule has 0 fully saturated rings. The van der Waals surface area contributed by atoms with Crippen molar-refractivity contribution in [1.29, 1.82) is 0 Å². The molecule has 0 aliphatic heterocycles. The topological polar surface area (TPSA) is 91.7 Å². The molecule has 29 heavy (non-hydrogen) atoms. The minimum Gasteiger partial charge on any atom is -0.474 e. The van der Waals surface area contributed by atoms with E-state index in [2.05, 4.69) is 57.2 Å². The van der Waals surface area contributed by atoms with Crippen molar-refractivity contribution in [2.75, 3.05) is 18.6 Å². The summed E-state index contributed by atoms with van der Waals surface area (Å²) >= 11 is 0. The van der Waals surface area contributed by atoms with Crippen LogP contribution in [0.4, 0.5) is 5.82 Å². The van der Waals surface area contributed by atoms with Crippen molar-refractivity contribution in [3.63, 3.8) is 0 Å². The van der Waals surface area contributed by atoms with E-state index in [1.807, 2.05) is 19.9 Å². The molecule has 3 N–H and O–H groups in total. The average Bonchev–Trinajstić information content (AvgIpc) is 2.69. The van der Waals surface area contributed by atoms with E-state index in [-0.39, 0.29) is 31.4 Å². The zero-order chi connectivity index (χ0) is 19.5. The predicted molar refractivity (Wildman–Crippen MR) is 123 cm³/mol. The number of aliphatic hydroxyl groups is 1. The Balaban J connectivity index is 0.00000392. The van der Waals surface area contributed by atoms with Gasteiger partial charge in [-0.25, -0.2) is 0 Å². The molecular weight excluding hydrogens is 413 g/mol. The maximum Gasteiger partial charge on any atom is 0.233 e. The number of hydrazone groups is 1. The Kier molecular flexibility index (Phi) is 14.0. The number of nitrogens with one attached hydrogen (secondary N) is 2. The summed E-state index contributed by atoms with van der Waals surface area (Å²) in [5.41, 5.74) is 5.01. The van der Waals surface area contributed by atoms with Crippen molar-refractivity contribution >= 4 is 36.3 Å². The van der Waals surface area contributed by atoms with Gasteiger partial charge in [-0.05, 0) is 45.2 Å². The van der Waals surface area contributed by atoms with Crippen molar-refractivity contribution in [3.05, 3.63) is 48.0 Å². The minimum atomic E-state index is -0.615. The lowest BCUT2D eigenvalue weighted by Gasteiger charge is -2.17. The zero-order valence-electron chi connectivity index (χ0n) is 17.0. The number of ether oxygens (including phenoxy) is 1. The van der Waals surface area contributed by atoms with E-state index in [1.54, 1.807) is 12.1 Å². The van der Waals surface area contributed by atoms with Crippen LogP contribution >= 0.6 is 24.8 Å². The number of anilines is 1. The maximum atomic E-state index is 10.1. The molecule has 9 heteroatoms. The molecule has 0 radical (unpaired) electrons. The van der Waals surface area contributed by atoms with Crippen LogP contribution in [0.3, 0.4) is 0 Å². The Morgan fingerprint density at radius 2 is 1.83 bits per heavy atom. The number of hydrogen-bond acceptors (Lipinski definition) is 7. The number of halogens is 2. The molecule has 2 unspecified atom stereocenters. The van der Waals surface area contributed by atoms with Gasteiger partial charge in [0.2, 0.25) is 5.88 Å². The molecule has 0 saturated heterocycles. The summed E-state index contributed by atoms with van der Waals surface area (Å²) < 4.78 is 5.48. The Morgan fingerprint density at radius 3 is 2.45 bits per heavy atom. The van der Waals surface area contributed by atoms with E-state index in [4.69, 9.17) is 4.74 Å². The Hall–Kier alpha value is -1.93. The Labute approximate surface area is 185 Å². The van der Waals surface area contributed by atoms with Gasteiger partial charge in [-0.15, -0.1) is 35.0 Å². The van der Waals surface area contributed by atoms with Gasteiger partial charge < -0.3 is 15.2 Å². The molecule has 0 saturated carbocycles. The van der Waals surface area contributed by atoms with E-state index in [1.165, 1.54) is 5.56 Å². The van der Waals surface area contributed by atoms with Gasteiger partial charge >= 0.3 is 0 Å². The van der Waals surface area contributed by atoms with E-state index >= 15 is 0 Å². The Bertz CT molecular complexity index is 698. The van der Waals surface area contributed by atoms with Crippen LogP contribution in [0.25, 0.3) is 0 Å². The van der Waals surface area contributed by atoms with Crippen LogP contribution < -0.4 is 15.5 Å². The molecule has 1 aromatic heterocycles. The SMILES string of the molecule is CC(C)=NNc1ccc(OCC(O)CNC(C)CCc2ccccc2)nn1.Cl.Cl. The Morgan fingerprint density at radius 1 is 1.10 bits per heavy atom. The molecule has 2 aromatic rings. The highest BCUT2D eigenvalue weighted by atomic mass is 35.5. The third-order valence-corrected chi connectivity index (χ3v) is 3.87. The van der Waals surface area contributed by atoms with Crippen molar-refractivity contribution in [3.8, 4) is 5.88 Å². The number of rotatable bonds is 11. The van der Waals surface area contributed by atoms with E-state index in [0.29, 0.717) is 24.3 Å². The first-order chi connectivity index (χ1) is 13.0.